The summed E-state index contributed by atoms with van der Waals surface area (Å²) in [7, 11) is 0. The largest absolute Gasteiger partial charge is 0.491 e. The highest BCUT2D eigenvalue weighted by molar-refractivity contribution is 5.59. The highest BCUT2D eigenvalue weighted by atomic mass is 16.5. The van der Waals surface area contributed by atoms with Gasteiger partial charge in [-0.2, -0.15) is 0 Å². The molecule has 1 aromatic carbocycles. The normalized spacial score (nSPS) is 13.4. The van der Waals surface area contributed by atoms with Crippen molar-refractivity contribution in [3.05, 3.63) is 58.5 Å². The lowest BCUT2D eigenvalue weighted by Gasteiger charge is -2.21. The molecule has 0 bridgehead atoms. The molecule has 4 nitrogen and oxygen atoms in total. The van der Waals surface area contributed by atoms with Gasteiger partial charge in [0.15, 0.2) is 0 Å². The van der Waals surface area contributed by atoms with Crippen molar-refractivity contribution in [3.63, 3.8) is 0 Å². The van der Waals surface area contributed by atoms with Crippen molar-refractivity contribution in [2.24, 2.45) is 0 Å². The van der Waals surface area contributed by atoms with Crippen molar-refractivity contribution in [1.29, 1.82) is 0 Å². The molecule has 0 amide bonds. The van der Waals surface area contributed by atoms with E-state index < -0.39 is 0 Å². The number of nitrogens with zero attached hydrogens (tertiary/aromatic N) is 1. The van der Waals surface area contributed by atoms with E-state index in [1.54, 1.807) is 22.9 Å². The van der Waals surface area contributed by atoms with Gasteiger partial charge in [0.1, 0.15) is 12.4 Å². The topological polar surface area (TPSA) is 43.3 Å². The lowest BCUT2D eigenvalue weighted by molar-refractivity contribution is 0.293. The molecule has 2 heterocycles. The molecule has 0 unspecified atom stereocenters. The fourth-order valence-electron chi connectivity index (χ4n) is 2.51. The Bertz CT molecular complexity index is 649. The van der Waals surface area contributed by atoms with Crippen LogP contribution in [-0.2, 0) is 13.0 Å². The number of rotatable bonds is 4. The maximum atomic E-state index is 11.6. The summed E-state index contributed by atoms with van der Waals surface area (Å²) in [6.45, 7) is 2.09. The van der Waals surface area contributed by atoms with E-state index >= 15 is 0 Å². The second kappa shape index (κ2) is 5.82. The van der Waals surface area contributed by atoms with Crippen LogP contribution in [0.4, 0.5) is 5.69 Å². The molecule has 1 aromatic heterocycles. The third-order valence-electron chi connectivity index (χ3n) is 3.54. The number of aromatic nitrogens is 1. The third-order valence-corrected chi connectivity index (χ3v) is 3.54. The molecule has 0 saturated carbocycles. The van der Waals surface area contributed by atoms with Crippen LogP contribution < -0.4 is 15.6 Å². The average molecular weight is 270 g/mol. The van der Waals surface area contributed by atoms with Crippen molar-refractivity contribution in [2.45, 2.75) is 19.4 Å². The predicted octanol–water partition coefficient (Wildman–Crippen LogP) is 2.29. The minimum Gasteiger partial charge on any atom is -0.491 e. The zero-order chi connectivity index (χ0) is 13.8. The molecule has 0 saturated heterocycles. The molecule has 0 aliphatic carbocycles. The van der Waals surface area contributed by atoms with Crippen LogP contribution in [0.1, 0.15) is 12.0 Å². The zero-order valence-electron chi connectivity index (χ0n) is 11.3. The van der Waals surface area contributed by atoms with Crippen molar-refractivity contribution >= 4 is 5.69 Å². The molecule has 104 valence electrons. The molecule has 1 N–H and O–H groups in total. The monoisotopic (exact) mass is 270 g/mol. The first-order valence-corrected chi connectivity index (χ1v) is 6.98. The Hall–Kier alpha value is -2.23. The molecule has 0 atom stereocenters. The van der Waals surface area contributed by atoms with Crippen LogP contribution in [0, 0.1) is 0 Å². The van der Waals surface area contributed by atoms with Gasteiger partial charge < -0.3 is 14.6 Å². The van der Waals surface area contributed by atoms with Crippen LogP contribution in [0.5, 0.6) is 5.75 Å². The van der Waals surface area contributed by atoms with E-state index in [0.29, 0.717) is 13.2 Å². The Morgan fingerprint density at radius 3 is 3.05 bits per heavy atom. The number of pyridine rings is 1. The summed E-state index contributed by atoms with van der Waals surface area (Å²) < 4.78 is 7.52. The fourth-order valence-corrected chi connectivity index (χ4v) is 2.51. The Morgan fingerprint density at radius 1 is 1.20 bits per heavy atom. The average Bonchev–Trinajstić information content (AvgIpc) is 2.49. The van der Waals surface area contributed by atoms with Gasteiger partial charge in [0, 0.05) is 30.1 Å². The first-order valence-electron chi connectivity index (χ1n) is 6.98. The summed E-state index contributed by atoms with van der Waals surface area (Å²) in [6, 6.07) is 11.3. The number of hydrogen-bond acceptors (Lipinski definition) is 3. The van der Waals surface area contributed by atoms with Crippen LogP contribution in [0.3, 0.4) is 0 Å². The van der Waals surface area contributed by atoms with Gasteiger partial charge in [0.2, 0.25) is 0 Å². The number of hydrogen-bond donors (Lipinski definition) is 1. The molecule has 1 aliphatic rings. The molecule has 4 heteroatoms. The number of anilines is 1. The van der Waals surface area contributed by atoms with E-state index in [9.17, 15) is 4.79 Å². The van der Waals surface area contributed by atoms with E-state index in [1.807, 2.05) is 18.2 Å². The van der Waals surface area contributed by atoms with Crippen molar-refractivity contribution < 1.29 is 4.74 Å². The predicted molar refractivity (Wildman–Crippen MR) is 79.4 cm³/mol. The third kappa shape index (κ3) is 2.69. The van der Waals surface area contributed by atoms with Crippen molar-refractivity contribution in [2.75, 3.05) is 18.5 Å². The highest BCUT2D eigenvalue weighted by Crippen LogP contribution is 2.30. The molecule has 0 fully saturated rings. The summed E-state index contributed by atoms with van der Waals surface area (Å²) in [5.74, 6) is 0.929. The Kier molecular flexibility index (Phi) is 3.72. The van der Waals surface area contributed by atoms with E-state index in [0.717, 1.165) is 25.1 Å². The summed E-state index contributed by atoms with van der Waals surface area (Å²) in [6.07, 6.45) is 3.96. The van der Waals surface area contributed by atoms with Gasteiger partial charge >= 0.3 is 0 Å². The lowest BCUT2D eigenvalue weighted by Crippen LogP contribution is -2.21. The molecule has 20 heavy (non-hydrogen) atoms. The van der Waals surface area contributed by atoms with E-state index in [1.165, 1.54) is 11.3 Å². The molecule has 0 radical (unpaired) electrons. The van der Waals surface area contributed by atoms with Crippen molar-refractivity contribution in [1.82, 2.24) is 4.57 Å². The van der Waals surface area contributed by atoms with Crippen molar-refractivity contribution in [3.8, 4) is 5.75 Å². The molecule has 3 rings (SSSR count). The number of ether oxygens (including phenoxy) is 1. The molecule has 0 spiro atoms. The van der Waals surface area contributed by atoms with Crippen LogP contribution in [0.2, 0.25) is 0 Å². The fraction of sp³-hybridized carbons (Fsp3) is 0.312. The van der Waals surface area contributed by atoms with Crippen LogP contribution in [0.15, 0.2) is 47.4 Å². The Balaban J connectivity index is 1.67. The number of nitrogens with one attached hydrogen (secondary N) is 1. The van der Waals surface area contributed by atoms with Gasteiger partial charge in [-0.25, -0.2) is 0 Å². The maximum Gasteiger partial charge on any atom is 0.250 e. The quantitative estimate of drug-likeness (QED) is 0.927. The lowest BCUT2D eigenvalue weighted by atomic mass is 10.0. The van der Waals surface area contributed by atoms with Gasteiger partial charge in [0.25, 0.3) is 5.56 Å². The van der Waals surface area contributed by atoms with E-state index in [4.69, 9.17) is 4.74 Å². The summed E-state index contributed by atoms with van der Waals surface area (Å²) in [5, 5.41) is 3.39. The Labute approximate surface area is 118 Å². The number of fused-ring (bicyclic) bond motifs is 1. The van der Waals surface area contributed by atoms with Gasteiger partial charge in [0.05, 0.1) is 6.54 Å². The molecule has 1 aliphatic heterocycles. The second-order valence-electron chi connectivity index (χ2n) is 4.89. The highest BCUT2D eigenvalue weighted by Gasteiger charge is 2.13. The van der Waals surface area contributed by atoms with E-state index in [2.05, 4.69) is 11.4 Å². The second-order valence-corrected chi connectivity index (χ2v) is 4.89. The van der Waals surface area contributed by atoms with Gasteiger partial charge in [-0.05, 0) is 31.0 Å². The Morgan fingerprint density at radius 2 is 2.15 bits per heavy atom. The first-order chi connectivity index (χ1) is 9.84. The van der Waals surface area contributed by atoms with Crippen LogP contribution in [0.25, 0.3) is 0 Å². The van der Waals surface area contributed by atoms with Gasteiger partial charge in [-0.15, -0.1) is 0 Å². The minimum absolute atomic E-state index is 0.00728. The summed E-state index contributed by atoms with van der Waals surface area (Å²) in [5.41, 5.74) is 2.43. The van der Waals surface area contributed by atoms with Gasteiger partial charge in [-0.1, -0.05) is 12.1 Å². The maximum absolute atomic E-state index is 11.6. The van der Waals surface area contributed by atoms with E-state index in [-0.39, 0.29) is 5.56 Å². The van der Waals surface area contributed by atoms with Gasteiger partial charge in [-0.3, -0.25) is 4.79 Å². The first kappa shape index (κ1) is 12.8. The van der Waals surface area contributed by atoms with Crippen LogP contribution >= 0.6 is 0 Å². The summed E-state index contributed by atoms with van der Waals surface area (Å²) in [4.78, 5) is 11.6. The molecular formula is C16H18N2O2. The zero-order valence-corrected chi connectivity index (χ0v) is 11.3. The smallest absolute Gasteiger partial charge is 0.250 e. The molecular weight excluding hydrogens is 252 g/mol. The SMILES string of the molecule is O=c1ccccn1CCOc1cccc2c1CCCN2. The minimum atomic E-state index is 0.00728. The summed E-state index contributed by atoms with van der Waals surface area (Å²) >= 11 is 0. The number of benzene rings is 1. The standard InChI is InChI=1S/C16H18N2O2/c19-16-8-1-2-10-18(16)11-12-20-15-7-3-6-14-13(15)5-4-9-17-14/h1-3,6-8,10,17H,4-5,9,11-12H2. The molecule has 2 aromatic rings. The van der Waals surface area contributed by atoms with Crippen LogP contribution in [-0.4, -0.2) is 17.7 Å².